The van der Waals surface area contributed by atoms with E-state index in [9.17, 15) is 5.26 Å². The Balaban J connectivity index is 1.99. The van der Waals surface area contributed by atoms with Gasteiger partial charge in [-0.05, 0) is 49.9 Å². The van der Waals surface area contributed by atoms with E-state index in [0.29, 0.717) is 0 Å². The van der Waals surface area contributed by atoms with E-state index in [2.05, 4.69) is 17.5 Å². The number of rotatable bonds is 4. The van der Waals surface area contributed by atoms with Gasteiger partial charge in [0.15, 0.2) is 0 Å². The Morgan fingerprint density at radius 2 is 2.41 bits per heavy atom. The Morgan fingerprint density at radius 3 is 3.06 bits per heavy atom. The number of aryl methyl sites for hydroxylation is 1. The first kappa shape index (κ1) is 11.9. The van der Waals surface area contributed by atoms with E-state index >= 15 is 0 Å². The fraction of sp³-hybridized carbons (Fsp3) is 0.500. The highest BCUT2D eigenvalue weighted by Gasteiger charge is 2.32. The van der Waals surface area contributed by atoms with Crippen molar-refractivity contribution in [2.75, 3.05) is 13.7 Å². The molecule has 0 aliphatic carbocycles. The first-order valence-corrected chi connectivity index (χ1v) is 6.07. The van der Waals surface area contributed by atoms with Gasteiger partial charge in [0.05, 0.1) is 13.2 Å². The smallest absolute Gasteiger partial charge is 0.119 e. The maximum atomic E-state index is 9.26. The Kier molecular flexibility index (Phi) is 3.65. The molecule has 0 amide bonds. The van der Waals surface area contributed by atoms with Crippen LogP contribution in [0.5, 0.6) is 5.75 Å². The van der Waals surface area contributed by atoms with Crippen LogP contribution in [0.2, 0.25) is 0 Å². The van der Waals surface area contributed by atoms with Gasteiger partial charge in [-0.1, -0.05) is 12.1 Å². The van der Waals surface area contributed by atoms with E-state index in [1.165, 1.54) is 5.56 Å². The quantitative estimate of drug-likeness (QED) is 0.863. The van der Waals surface area contributed by atoms with Crippen molar-refractivity contribution in [2.24, 2.45) is 0 Å². The molecule has 3 nitrogen and oxygen atoms in total. The normalized spacial score (nSPS) is 23.3. The number of nitrogens with zero attached hydrogens (tertiary/aromatic N) is 1. The van der Waals surface area contributed by atoms with E-state index in [0.717, 1.165) is 38.0 Å². The molecule has 0 spiro atoms. The molecule has 0 aromatic heterocycles. The Labute approximate surface area is 102 Å². The van der Waals surface area contributed by atoms with Gasteiger partial charge in [-0.3, -0.25) is 5.32 Å². The summed E-state index contributed by atoms with van der Waals surface area (Å²) in [6.07, 6.45) is 3.85. The molecule has 1 aliphatic rings. The standard InChI is InChI=1S/C14H18N2O/c1-17-13-5-2-4-12(10-13)6-8-14(11-15)7-3-9-16-14/h2,4-5,10,16H,3,6-9H2,1H3. The number of hydrogen-bond acceptors (Lipinski definition) is 3. The third-order valence-corrected chi connectivity index (χ3v) is 3.43. The Bertz CT molecular complexity index is 416. The SMILES string of the molecule is COc1cccc(CCC2(C#N)CCCN2)c1. The van der Waals surface area contributed by atoms with Crippen LogP contribution in [0.4, 0.5) is 0 Å². The van der Waals surface area contributed by atoms with Crippen molar-refractivity contribution < 1.29 is 4.74 Å². The Morgan fingerprint density at radius 1 is 1.53 bits per heavy atom. The number of hydrogen-bond donors (Lipinski definition) is 1. The maximum absolute atomic E-state index is 9.26. The van der Waals surface area contributed by atoms with Gasteiger partial charge < -0.3 is 4.74 Å². The summed E-state index contributed by atoms with van der Waals surface area (Å²) in [6, 6.07) is 10.5. The predicted molar refractivity (Wildman–Crippen MR) is 66.9 cm³/mol. The van der Waals surface area contributed by atoms with Gasteiger partial charge in [0.25, 0.3) is 0 Å². The average molecular weight is 230 g/mol. The van der Waals surface area contributed by atoms with Crippen LogP contribution in [0.1, 0.15) is 24.8 Å². The summed E-state index contributed by atoms with van der Waals surface area (Å²) in [4.78, 5) is 0. The van der Waals surface area contributed by atoms with Crippen molar-refractivity contribution in [3.05, 3.63) is 29.8 Å². The highest BCUT2D eigenvalue weighted by atomic mass is 16.5. The molecule has 0 bridgehead atoms. The minimum atomic E-state index is -0.303. The summed E-state index contributed by atoms with van der Waals surface area (Å²) >= 11 is 0. The van der Waals surface area contributed by atoms with Crippen molar-refractivity contribution in [3.63, 3.8) is 0 Å². The van der Waals surface area contributed by atoms with Gasteiger partial charge in [-0.25, -0.2) is 0 Å². The molecule has 1 fully saturated rings. The van der Waals surface area contributed by atoms with Gasteiger partial charge in [-0.2, -0.15) is 5.26 Å². The molecule has 17 heavy (non-hydrogen) atoms. The summed E-state index contributed by atoms with van der Waals surface area (Å²) in [5.41, 5.74) is 0.927. The monoisotopic (exact) mass is 230 g/mol. The number of ether oxygens (including phenoxy) is 1. The first-order chi connectivity index (χ1) is 8.28. The lowest BCUT2D eigenvalue weighted by molar-refractivity contribution is 0.413. The molecule has 0 radical (unpaired) electrons. The number of nitrogens with one attached hydrogen (secondary N) is 1. The van der Waals surface area contributed by atoms with Crippen LogP contribution in [-0.2, 0) is 6.42 Å². The molecule has 1 aromatic carbocycles. The second kappa shape index (κ2) is 5.20. The highest BCUT2D eigenvalue weighted by molar-refractivity contribution is 5.29. The molecule has 1 aromatic rings. The van der Waals surface area contributed by atoms with E-state index in [-0.39, 0.29) is 5.54 Å². The fourth-order valence-electron chi connectivity index (χ4n) is 2.36. The first-order valence-electron chi connectivity index (χ1n) is 6.07. The van der Waals surface area contributed by atoms with Gasteiger partial charge in [-0.15, -0.1) is 0 Å². The van der Waals surface area contributed by atoms with Crippen LogP contribution in [0.3, 0.4) is 0 Å². The topological polar surface area (TPSA) is 45.0 Å². The zero-order valence-corrected chi connectivity index (χ0v) is 10.2. The third kappa shape index (κ3) is 2.78. The third-order valence-electron chi connectivity index (χ3n) is 3.43. The summed E-state index contributed by atoms with van der Waals surface area (Å²) < 4.78 is 5.20. The number of methoxy groups -OCH3 is 1. The van der Waals surface area contributed by atoms with E-state index < -0.39 is 0 Å². The minimum Gasteiger partial charge on any atom is -0.497 e. The molecule has 1 aliphatic heterocycles. The predicted octanol–water partition coefficient (Wildman–Crippen LogP) is 2.27. The van der Waals surface area contributed by atoms with Gasteiger partial charge >= 0.3 is 0 Å². The molecular formula is C14H18N2O. The largest absolute Gasteiger partial charge is 0.497 e. The number of nitriles is 1. The molecule has 0 saturated carbocycles. The van der Waals surface area contributed by atoms with Gasteiger partial charge in [0.1, 0.15) is 11.3 Å². The maximum Gasteiger partial charge on any atom is 0.119 e. The lowest BCUT2D eigenvalue weighted by Gasteiger charge is -2.20. The van der Waals surface area contributed by atoms with Crippen molar-refractivity contribution in [2.45, 2.75) is 31.2 Å². The fourth-order valence-corrected chi connectivity index (χ4v) is 2.36. The lowest BCUT2D eigenvalue weighted by atomic mass is 9.91. The van der Waals surface area contributed by atoms with Crippen LogP contribution in [0, 0.1) is 11.3 Å². The van der Waals surface area contributed by atoms with Gasteiger partial charge in [0, 0.05) is 0 Å². The van der Waals surface area contributed by atoms with Crippen LogP contribution >= 0.6 is 0 Å². The molecule has 1 unspecified atom stereocenters. The summed E-state index contributed by atoms with van der Waals surface area (Å²) in [5, 5.41) is 12.6. The zero-order valence-electron chi connectivity index (χ0n) is 10.2. The molecule has 1 saturated heterocycles. The van der Waals surface area contributed by atoms with Crippen LogP contribution < -0.4 is 10.1 Å². The summed E-state index contributed by atoms with van der Waals surface area (Å²) in [5.74, 6) is 0.882. The van der Waals surface area contributed by atoms with E-state index in [1.54, 1.807) is 7.11 Å². The van der Waals surface area contributed by atoms with Crippen LogP contribution in [0.25, 0.3) is 0 Å². The van der Waals surface area contributed by atoms with Crippen LogP contribution in [-0.4, -0.2) is 19.2 Å². The van der Waals surface area contributed by atoms with Crippen molar-refractivity contribution >= 4 is 0 Å². The number of benzene rings is 1. The molecule has 1 heterocycles. The van der Waals surface area contributed by atoms with Crippen molar-refractivity contribution in [1.82, 2.24) is 5.32 Å². The second-order valence-corrected chi connectivity index (χ2v) is 4.58. The van der Waals surface area contributed by atoms with Crippen LogP contribution in [0.15, 0.2) is 24.3 Å². The average Bonchev–Trinajstić information content (AvgIpc) is 2.86. The Hall–Kier alpha value is -1.53. The van der Waals surface area contributed by atoms with E-state index in [1.807, 2.05) is 18.2 Å². The molecule has 3 heteroatoms. The van der Waals surface area contributed by atoms with Crippen molar-refractivity contribution in [1.29, 1.82) is 5.26 Å². The lowest BCUT2D eigenvalue weighted by Crippen LogP contribution is -2.38. The summed E-state index contributed by atoms with van der Waals surface area (Å²) in [7, 11) is 1.68. The second-order valence-electron chi connectivity index (χ2n) is 4.58. The molecular weight excluding hydrogens is 212 g/mol. The van der Waals surface area contributed by atoms with Crippen molar-refractivity contribution in [3.8, 4) is 11.8 Å². The molecule has 90 valence electrons. The molecule has 1 atom stereocenters. The summed E-state index contributed by atoms with van der Waals surface area (Å²) in [6.45, 7) is 0.964. The molecule has 2 rings (SSSR count). The zero-order chi connectivity index (χ0) is 12.1. The molecule has 1 N–H and O–H groups in total. The minimum absolute atomic E-state index is 0.303. The van der Waals surface area contributed by atoms with E-state index in [4.69, 9.17) is 4.74 Å². The van der Waals surface area contributed by atoms with Gasteiger partial charge in [0.2, 0.25) is 0 Å². The highest BCUT2D eigenvalue weighted by Crippen LogP contribution is 2.25.